The third-order valence-corrected chi connectivity index (χ3v) is 7.56. The molecule has 0 spiro atoms. The maximum atomic E-state index is 13.9. The molecule has 1 aliphatic heterocycles. The second-order valence-electron chi connectivity index (χ2n) is 8.80. The maximum absolute atomic E-state index is 13.9. The standard InChI is InChI=1S/C27H21NO4/c1-2-15-11-13-16(14-12-15)28-24(29)22-21-17-7-3-5-9-19(17)27(26(31)32,23(22)25(28)30)20-10-6-4-8-18(20)21/h3-14,21-23H,2H2,1H3,(H,31,32)/t21?,22-,23-,27?/m0/s1. The lowest BCUT2D eigenvalue weighted by molar-refractivity contribution is -0.149. The fraction of sp³-hybridized carbons (Fsp3) is 0.222. The summed E-state index contributed by atoms with van der Waals surface area (Å²) in [6.07, 6.45) is 0.849. The van der Waals surface area contributed by atoms with Crippen molar-refractivity contribution in [2.24, 2.45) is 11.8 Å². The molecule has 3 aromatic rings. The van der Waals surface area contributed by atoms with Crippen LogP contribution in [0.5, 0.6) is 0 Å². The number of carbonyl (C=O) groups excluding carboxylic acids is 2. The lowest BCUT2D eigenvalue weighted by Gasteiger charge is -2.51. The number of carboxylic acid groups (broad SMARTS) is 1. The molecule has 0 saturated carbocycles. The Balaban J connectivity index is 1.63. The van der Waals surface area contributed by atoms with E-state index in [9.17, 15) is 19.5 Å². The van der Waals surface area contributed by atoms with E-state index in [2.05, 4.69) is 0 Å². The molecule has 2 bridgehead atoms. The van der Waals surface area contributed by atoms with Crippen LogP contribution in [0.3, 0.4) is 0 Å². The molecule has 0 aromatic heterocycles. The molecule has 7 rings (SSSR count). The number of amides is 2. The summed E-state index contributed by atoms with van der Waals surface area (Å²) in [5.74, 6) is -3.90. The van der Waals surface area contributed by atoms with Gasteiger partial charge in [0.1, 0.15) is 5.41 Å². The zero-order chi connectivity index (χ0) is 22.2. The summed E-state index contributed by atoms with van der Waals surface area (Å²) in [4.78, 5) is 42.0. The molecule has 1 N–H and O–H groups in total. The van der Waals surface area contributed by atoms with Crippen molar-refractivity contribution >= 4 is 23.5 Å². The fourth-order valence-electron chi connectivity index (χ4n) is 6.27. The van der Waals surface area contributed by atoms with Crippen LogP contribution in [0.15, 0.2) is 72.8 Å². The van der Waals surface area contributed by atoms with Gasteiger partial charge in [0.2, 0.25) is 11.8 Å². The van der Waals surface area contributed by atoms with Gasteiger partial charge in [-0.15, -0.1) is 0 Å². The largest absolute Gasteiger partial charge is 0.480 e. The number of imide groups is 1. The molecule has 158 valence electrons. The Morgan fingerprint density at radius 1 is 0.875 bits per heavy atom. The van der Waals surface area contributed by atoms with Crippen LogP contribution in [0.25, 0.3) is 0 Å². The molecule has 3 aliphatic carbocycles. The summed E-state index contributed by atoms with van der Waals surface area (Å²) in [7, 11) is 0. The van der Waals surface area contributed by atoms with Crippen LogP contribution in [-0.4, -0.2) is 22.9 Å². The number of aryl methyl sites for hydroxylation is 1. The van der Waals surface area contributed by atoms with Crippen LogP contribution in [0.2, 0.25) is 0 Å². The van der Waals surface area contributed by atoms with E-state index in [0.29, 0.717) is 16.8 Å². The molecule has 0 radical (unpaired) electrons. The second kappa shape index (κ2) is 6.39. The minimum atomic E-state index is -1.59. The summed E-state index contributed by atoms with van der Waals surface area (Å²) in [5.41, 5.74) is 2.94. The average Bonchev–Trinajstić information content (AvgIpc) is 3.09. The van der Waals surface area contributed by atoms with E-state index in [1.54, 1.807) is 24.3 Å². The monoisotopic (exact) mass is 423 g/mol. The number of nitrogens with zero attached hydrogens (tertiary/aromatic N) is 1. The Labute approximate surface area is 185 Å². The van der Waals surface area contributed by atoms with Gasteiger partial charge in [-0.25, -0.2) is 4.90 Å². The van der Waals surface area contributed by atoms with Gasteiger partial charge in [0.25, 0.3) is 0 Å². The number of anilines is 1. The number of carboxylic acids is 1. The summed E-state index contributed by atoms with van der Waals surface area (Å²) >= 11 is 0. The van der Waals surface area contributed by atoms with Crippen molar-refractivity contribution < 1.29 is 19.5 Å². The quantitative estimate of drug-likeness (QED) is 0.649. The first-order valence-corrected chi connectivity index (χ1v) is 10.9. The Kier molecular flexibility index (Phi) is 3.79. The highest BCUT2D eigenvalue weighted by molar-refractivity contribution is 6.25. The Bertz CT molecular complexity index is 1260. The van der Waals surface area contributed by atoms with Gasteiger partial charge in [-0.2, -0.15) is 0 Å². The van der Waals surface area contributed by atoms with Crippen LogP contribution in [0.1, 0.15) is 40.7 Å². The minimum Gasteiger partial charge on any atom is -0.480 e. The van der Waals surface area contributed by atoms with Crippen LogP contribution in [0, 0.1) is 11.8 Å². The molecular weight excluding hydrogens is 402 g/mol. The highest BCUT2D eigenvalue weighted by atomic mass is 16.4. The minimum absolute atomic E-state index is 0.316. The fourth-order valence-corrected chi connectivity index (χ4v) is 6.27. The topological polar surface area (TPSA) is 74.7 Å². The molecule has 1 fully saturated rings. The summed E-state index contributed by atoms with van der Waals surface area (Å²) in [6.45, 7) is 2.04. The van der Waals surface area contributed by atoms with Gasteiger partial charge in [-0.3, -0.25) is 14.4 Å². The van der Waals surface area contributed by atoms with E-state index >= 15 is 0 Å². The number of rotatable bonds is 3. The highest BCUT2D eigenvalue weighted by Gasteiger charge is 2.71. The third kappa shape index (κ3) is 2.06. The van der Waals surface area contributed by atoms with Gasteiger partial charge < -0.3 is 5.11 Å². The first kappa shape index (κ1) is 19.0. The molecule has 5 nitrogen and oxygen atoms in total. The molecule has 3 aromatic carbocycles. The van der Waals surface area contributed by atoms with Gasteiger partial charge >= 0.3 is 5.97 Å². The van der Waals surface area contributed by atoms with E-state index in [1.165, 1.54) is 4.90 Å². The van der Waals surface area contributed by atoms with Crippen molar-refractivity contribution in [3.63, 3.8) is 0 Å². The first-order chi connectivity index (χ1) is 15.5. The van der Waals surface area contributed by atoms with Gasteiger partial charge in [0, 0.05) is 5.92 Å². The van der Waals surface area contributed by atoms with Crippen molar-refractivity contribution in [3.05, 3.63) is 101 Å². The number of benzene rings is 3. The van der Waals surface area contributed by atoms with Crippen molar-refractivity contribution in [1.82, 2.24) is 0 Å². The van der Waals surface area contributed by atoms with Crippen LogP contribution in [0.4, 0.5) is 5.69 Å². The van der Waals surface area contributed by atoms with Crippen LogP contribution >= 0.6 is 0 Å². The van der Waals surface area contributed by atoms with Gasteiger partial charge in [-0.05, 0) is 46.4 Å². The molecule has 4 aliphatic rings. The Morgan fingerprint density at radius 3 is 1.97 bits per heavy atom. The SMILES string of the molecule is CCc1ccc(N2C(=O)[C@@H]3[C@@H](C2=O)C2c4ccccc4C3(C(=O)O)c3ccccc32)cc1. The molecular formula is C27H21NO4. The average molecular weight is 423 g/mol. The van der Waals surface area contributed by atoms with Gasteiger partial charge in [0.15, 0.2) is 0 Å². The zero-order valence-corrected chi connectivity index (χ0v) is 17.5. The van der Waals surface area contributed by atoms with Crippen molar-refractivity contribution in [3.8, 4) is 0 Å². The van der Waals surface area contributed by atoms with E-state index in [1.807, 2.05) is 55.5 Å². The van der Waals surface area contributed by atoms with E-state index in [-0.39, 0.29) is 11.8 Å². The molecule has 1 saturated heterocycles. The molecule has 2 amide bonds. The first-order valence-electron chi connectivity index (χ1n) is 10.9. The Morgan fingerprint density at radius 2 is 1.44 bits per heavy atom. The number of hydrogen-bond donors (Lipinski definition) is 1. The van der Waals surface area contributed by atoms with E-state index in [0.717, 1.165) is 23.1 Å². The lowest BCUT2D eigenvalue weighted by Crippen LogP contribution is -2.57. The summed E-state index contributed by atoms with van der Waals surface area (Å²) in [6, 6.07) is 22.1. The predicted molar refractivity (Wildman–Crippen MR) is 118 cm³/mol. The second-order valence-corrected chi connectivity index (χ2v) is 8.80. The molecule has 1 heterocycles. The van der Waals surface area contributed by atoms with Gasteiger partial charge in [0.05, 0.1) is 17.5 Å². The van der Waals surface area contributed by atoms with Gasteiger partial charge in [-0.1, -0.05) is 67.6 Å². The zero-order valence-electron chi connectivity index (χ0n) is 17.5. The van der Waals surface area contributed by atoms with Crippen molar-refractivity contribution in [1.29, 1.82) is 0 Å². The van der Waals surface area contributed by atoms with E-state index < -0.39 is 29.1 Å². The van der Waals surface area contributed by atoms with E-state index in [4.69, 9.17) is 0 Å². The summed E-state index contributed by atoms with van der Waals surface area (Å²) in [5, 5.41) is 10.7. The molecule has 0 unspecified atom stereocenters. The smallest absolute Gasteiger partial charge is 0.319 e. The highest BCUT2D eigenvalue weighted by Crippen LogP contribution is 2.64. The van der Waals surface area contributed by atoms with Crippen molar-refractivity contribution in [2.45, 2.75) is 24.7 Å². The third-order valence-electron chi connectivity index (χ3n) is 7.56. The molecule has 32 heavy (non-hydrogen) atoms. The Hall–Kier alpha value is -3.73. The number of aliphatic carboxylic acids is 1. The van der Waals surface area contributed by atoms with Crippen LogP contribution < -0.4 is 4.90 Å². The normalized spacial score (nSPS) is 27.2. The molecule has 5 heteroatoms. The number of carbonyl (C=O) groups is 3. The lowest BCUT2D eigenvalue weighted by atomic mass is 9.47. The summed E-state index contributed by atoms with van der Waals surface area (Å²) < 4.78 is 0. The van der Waals surface area contributed by atoms with Crippen molar-refractivity contribution in [2.75, 3.05) is 4.90 Å². The number of hydrogen-bond acceptors (Lipinski definition) is 3. The molecule has 2 atom stereocenters. The predicted octanol–water partition coefficient (Wildman–Crippen LogP) is 3.88. The van der Waals surface area contributed by atoms with Crippen LogP contribution in [-0.2, 0) is 26.2 Å². The maximum Gasteiger partial charge on any atom is 0.319 e.